The Balaban J connectivity index is 1.75. The highest BCUT2D eigenvalue weighted by molar-refractivity contribution is 6.68. The van der Waals surface area contributed by atoms with Crippen LogP contribution in [0.25, 0.3) is 11.2 Å². The van der Waals surface area contributed by atoms with Crippen molar-refractivity contribution in [3.63, 3.8) is 0 Å². The maximum atomic E-state index is 13.5. The van der Waals surface area contributed by atoms with Gasteiger partial charge in [-0.25, -0.2) is 9.78 Å². The van der Waals surface area contributed by atoms with E-state index in [-0.39, 0.29) is 23.6 Å². The summed E-state index contributed by atoms with van der Waals surface area (Å²) in [5.41, 5.74) is 6.39. The number of alkyl carbamates (subject to hydrolysis) is 1. The molecule has 28 heavy (non-hydrogen) atoms. The first kappa shape index (κ1) is 20.3. The summed E-state index contributed by atoms with van der Waals surface area (Å²) >= 11 is 17.9. The molecule has 0 fully saturated rings. The van der Waals surface area contributed by atoms with Gasteiger partial charge in [-0.15, -0.1) is 0 Å². The number of rotatable bonds is 5. The number of nitrogen functional groups attached to an aromatic ring is 1. The number of carbonyl (C=O) groups excluding carboxylic acids is 1. The minimum absolute atomic E-state index is 0.0455. The van der Waals surface area contributed by atoms with E-state index in [1.807, 2.05) is 6.07 Å². The van der Waals surface area contributed by atoms with Crippen molar-refractivity contribution in [2.24, 2.45) is 0 Å². The second-order valence-corrected chi connectivity index (χ2v) is 7.87. The van der Waals surface area contributed by atoms with Crippen molar-refractivity contribution in [3.05, 3.63) is 42.5 Å². The molecule has 1 unspecified atom stereocenters. The van der Waals surface area contributed by atoms with E-state index in [1.54, 1.807) is 18.3 Å². The standard InChI is InChI=1S/C15H13Cl3FN7O2/c16-15(17,18)12(25-14(27)28-6-4-8-3-1-2-5-21-8)26-7-22-9-10(20)23-13(19)24-11(9)26/h1-3,5,7,12H,4,6H2,(H,25,27)(H2,20,23,24). The maximum Gasteiger partial charge on any atom is 0.408 e. The van der Waals surface area contributed by atoms with Crippen LogP contribution in [0.3, 0.4) is 0 Å². The average Bonchev–Trinajstić information content (AvgIpc) is 3.03. The van der Waals surface area contributed by atoms with Gasteiger partial charge in [-0.05, 0) is 12.1 Å². The van der Waals surface area contributed by atoms with Crippen molar-refractivity contribution in [1.82, 2.24) is 29.8 Å². The Kier molecular flexibility index (Phi) is 6.01. The van der Waals surface area contributed by atoms with E-state index in [4.69, 9.17) is 45.3 Å². The molecule has 3 aromatic heterocycles. The van der Waals surface area contributed by atoms with Gasteiger partial charge in [0.2, 0.25) is 3.79 Å². The molecule has 0 saturated carbocycles. The summed E-state index contributed by atoms with van der Waals surface area (Å²) in [7, 11) is 0. The van der Waals surface area contributed by atoms with Crippen molar-refractivity contribution in [3.8, 4) is 0 Å². The second kappa shape index (κ2) is 8.29. The number of amides is 1. The molecule has 0 aliphatic carbocycles. The summed E-state index contributed by atoms with van der Waals surface area (Å²) in [6, 6.07) is 5.39. The molecule has 9 nitrogen and oxygen atoms in total. The van der Waals surface area contributed by atoms with Gasteiger partial charge >= 0.3 is 12.2 Å². The van der Waals surface area contributed by atoms with Crippen molar-refractivity contribution in [1.29, 1.82) is 0 Å². The fraction of sp³-hybridized carbons (Fsp3) is 0.267. The van der Waals surface area contributed by atoms with Crippen LogP contribution in [0.5, 0.6) is 0 Å². The normalized spacial score (nSPS) is 12.7. The lowest BCUT2D eigenvalue weighted by molar-refractivity contribution is 0.139. The molecule has 148 valence electrons. The maximum absolute atomic E-state index is 13.5. The number of nitrogens with zero attached hydrogens (tertiary/aromatic N) is 5. The molecule has 0 aliphatic rings. The number of aromatic nitrogens is 5. The van der Waals surface area contributed by atoms with Crippen LogP contribution >= 0.6 is 34.8 Å². The van der Waals surface area contributed by atoms with E-state index in [9.17, 15) is 9.18 Å². The third-order valence-electron chi connectivity index (χ3n) is 3.58. The first-order valence-electron chi connectivity index (χ1n) is 7.81. The molecule has 0 radical (unpaired) electrons. The third kappa shape index (κ3) is 4.70. The number of hydrogen-bond donors (Lipinski definition) is 2. The number of alkyl halides is 3. The van der Waals surface area contributed by atoms with Gasteiger partial charge in [0.25, 0.3) is 0 Å². The Morgan fingerprint density at radius 2 is 2.11 bits per heavy atom. The van der Waals surface area contributed by atoms with Crippen LogP contribution in [-0.2, 0) is 11.2 Å². The molecule has 3 rings (SSSR count). The summed E-state index contributed by atoms with van der Waals surface area (Å²) in [5.74, 6) is -0.192. The highest BCUT2D eigenvalue weighted by Crippen LogP contribution is 2.38. The third-order valence-corrected chi connectivity index (χ3v) is 4.20. The zero-order valence-electron chi connectivity index (χ0n) is 14.0. The van der Waals surface area contributed by atoms with E-state index in [2.05, 4.69) is 25.3 Å². The van der Waals surface area contributed by atoms with Gasteiger partial charge in [0.15, 0.2) is 23.1 Å². The van der Waals surface area contributed by atoms with Crippen molar-refractivity contribution in [2.75, 3.05) is 12.3 Å². The van der Waals surface area contributed by atoms with Gasteiger partial charge in [0.05, 0.1) is 12.9 Å². The molecular formula is C15H13Cl3FN7O2. The number of hydrogen-bond acceptors (Lipinski definition) is 7. The number of nitrogens with two attached hydrogens (primary N) is 1. The number of anilines is 1. The smallest absolute Gasteiger partial charge is 0.408 e. The molecule has 0 aromatic carbocycles. The molecule has 3 aromatic rings. The van der Waals surface area contributed by atoms with E-state index < -0.39 is 22.1 Å². The minimum atomic E-state index is -2.04. The average molecular weight is 449 g/mol. The summed E-state index contributed by atoms with van der Waals surface area (Å²) in [5, 5.41) is 2.40. The van der Waals surface area contributed by atoms with Gasteiger partial charge in [-0.3, -0.25) is 14.9 Å². The molecule has 3 heterocycles. The Morgan fingerprint density at radius 3 is 2.79 bits per heavy atom. The first-order chi connectivity index (χ1) is 13.3. The first-order valence-corrected chi connectivity index (χ1v) is 8.94. The van der Waals surface area contributed by atoms with E-state index >= 15 is 0 Å². The summed E-state index contributed by atoms with van der Waals surface area (Å²) in [6.07, 6.45) is -0.0423. The lowest BCUT2D eigenvalue weighted by Crippen LogP contribution is -2.40. The Morgan fingerprint density at radius 1 is 1.32 bits per heavy atom. The van der Waals surface area contributed by atoms with Crippen LogP contribution in [-0.4, -0.2) is 41.0 Å². The molecule has 1 atom stereocenters. The summed E-state index contributed by atoms with van der Waals surface area (Å²) in [6.45, 7) is 0.0455. The quantitative estimate of drug-likeness (QED) is 0.455. The highest BCUT2D eigenvalue weighted by atomic mass is 35.6. The molecule has 0 saturated heterocycles. The van der Waals surface area contributed by atoms with Crippen LogP contribution in [0.1, 0.15) is 11.9 Å². The topological polar surface area (TPSA) is 121 Å². The fourth-order valence-corrected chi connectivity index (χ4v) is 2.84. The molecular weight excluding hydrogens is 436 g/mol. The van der Waals surface area contributed by atoms with Gasteiger partial charge in [-0.2, -0.15) is 14.4 Å². The number of nitrogens with one attached hydrogen (secondary N) is 1. The van der Waals surface area contributed by atoms with Crippen LogP contribution in [0.4, 0.5) is 15.0 Å². The predicted octanol–water partition coefficient (Wildman–Crippen LogP) is 2.78. The Hall–Kier alpha value is -2.43. The van der Waals surface area contributed by atoms with Gasteiger partial charge < -0.3 is 10.5 Å². The van der Waals surface area contributed by atoms with Crippen molar-refractivity contribution < 1.29 is 13.9 Å². The lowest BCUT2D eigenvalue weighted by Gasteiger charge is -2.26. The SMILES string of the molecule is Nc1nc(F)nc2c1ncn2C(NC(=O)OCCc1ccccn1)C(Cl)(Cl)Cl. The number of carbonyl (C=O) groups is 1. The number of imidazole rings is 1. The van der Waals surface area contributed by atoms with E-state index in [0.29, 0.717) is 6.42 Å². The van der Waals surface area contributed by atoms with Crippen molar-refractivity contribution >= 4 is 57.9 Å². The van der Waals surface area contributed by atoms with E-state index in [1.165, 1.54) is 6.33 Å². The molecule has 0 bridgehead atoms. The zero-order valence-corrected chi connectivity index (χ0v) is 16.3. The molecule has 1 amide bonds. The predicted molar refractivity (Wildman–Crippen MR) is 101 cm³/mol. The highest BCUT2D eigenvalue weighted by Gasteiger charge is 2.37. The largest absolute Gasteiger partial charge is 0.449 e. The van der Waals surface area contributed by atoms with Gasteiger partial charge in [0.1, 0.15) is 0 Å². The van der Waals surface area contributed by atoms with Crippen LogP contribution in [0, 0.1) is 6.08 Å². The fourth-order valence-electron chi connectivity index (χ4n) is 2.36. The van der Waals surface area contributed by atoms with Gasteiger partial charge in [0, 0.05) is 18.3 Å². The summed E-state index contributed by atoms with van der Waals surface area (Å²) in [4.78, 5) is 27.2. The zero-order chi connectivity index (χ0) is 20.3. The van der Waals surface area contributed by atoms with Crippen molar-refractivity contribution in [2.45, 2.75) is 16.4 Å². The van der Waals surface area contributed by atoms with E-state index in [0.717, 1.165) is 10.3 Å². The summed E-state index contributed by atoms with van der Waals surface area (Å²) < 4.78 is 17.8. The molecule has 3 N–H and O–H groups in total. The Labute approximate surface area is 173 Å². The minimum Gasteiger partial charge on any atom is -0.449 e. The monoisotopic (exact) mass is 447 g/mol. The second-order valence-electron chi connectivity index (χ2n) is 5.50. The molecule has 0 spiro atoms. The number of ether oxygens (including phenoxy) is 1. The number of pyridine rings is 1. The number of fused-ring (bicyclic) bond motifs is 1. The van der Waals surface area contributed by atoms with Crippen LogP contribution in [0.15, 0.2) is 30.7 Å². The van der Waals surface area contributed by atoms with Crippen LogP contribution < -0.4 is 11.1 Å². The lowest BCUT2D eigenvalue weighted by atomic mass is 10.3. The molecule has 0 aliphatic heterocycles. The molecule has 13 heteroatoms. The Bertz CT molecular complexity index is 981. The number of halogens is 4. The van der Waals surface area contributed by atoms with Crippen LogP contribution in [0.2, 0.25) is 0 Å². The van der Waals surface area contributed by atoms with Gasteiger partial charge in [-0.1, -0.05) is 40.9 Å².